The maximum Gasteiger partial charge on any atom is 0.0998 e. The van der Waals surface area contributed by atoms with Gasteiger partial charge in [0.25, 0.3) is 0 Å². The molecule has 0 saturated heterocycles. The van der Waals surface area contributed by atoms with Gasteiger partial charge in [0, 0.05) is 11.5 Å². The number of hydrogen-bond donors (Lipinski definition) is 1. The second-order valence-electron chi connectivity index (χ2n) is 7.34. The van der Waals surface area contributed by atoms with Crippen molar-refractivity contribution in [3.8, 4) is 6.07 Å². The zero-order valence-corrected chi connectivity index (χ0v) is 12.9. The molecule has 0 atom stereocenters. The summed E-state index contributed by atoms with van der Waals surface area (Å²) >= 11 is 0. The quantitative estimate of drug-likeness (QED) is 0.679. The molecule has 0 bridgehead atoms. The number of nitriles is 1. The summed E-state index contributed by atoms with van der Waals surface area (Å²) in [6.45, 7) is 13.0. The minimum atomic E-state index is -0.329. The fourth-order valence-corrected chi connectivity index (χ4v) is 3.47. The first-order valence-corrected chi connectivity index (χ1v) is 6.73. The van der Waals surface area contributed by atoms with Crippen LogP contribution in [0.3, 0.4) is 0 Å². The lowest BCUT2D eigenvalue weighted by atomic mass is 9.50. The minimum absolute atomic E-state index is 0.0776. The minimum Gasteiger partial charge on any atom is -0.512 e. The highest BCUT2D eigenvalue weighted by Gasteiger charge is 2.54. The smallest absolute Gasteiger partial charge is 0.0998 e. The van der Waals surface area contributed by atoms with Gasteiger partial charge < -0.3 is 5.11 Å². The number of nitrogens with zero attached hydrogens (tertiary/aromatic N) is 1. The molecule has 0 saturated carbocycles. The molecule has 0 aromatic carbocycles. The third-order valence-electron chi connectivity index (χ3n) is 4.29. The van der Waals surface area contributed by atoms with Crippen LogP contribution in [0.25, 0.3) is 0 Å². The first-order chi connectivity index (χ1) is 8.56. The van der Waals surface area contributed by atoms with Crippen molar-refractivity contribution in [3.63, 3.8) is 0 Å². The van der Waals surface area contributed by atoms with E-state index in [0.717, 1.165) is 12.0 Å². The van der Waals surface area contributed by atoms with Crippen molar-refractivity contribution in [2.75, 3.05) is 0 Å². The van der Waals surface area contributed by atoms with Gasteiger partial charge in [0.05, 0.1) is 11.8 Å². The fourth-order valence-electron chi connectivity index (χ4n) is 3.47. The summed E-state index contributed by atoms with van der Waals surface area (Å²) in [4.78, 5) is 0. The van der Waals surface area contributed by atoms with E-state index in [-0.39, 0.29) is 16.2 Å². The van der Waals surface area contributed by atoms with Gasteiger partial charge >= 0.3 is 0 Å². The molecule has 1 rings (SSSR count). The Balaban J connectivity index is 3.38. The molecule has 0 heterocycles. The molecule has 1 N–H and O–H groups in total. The van der Waals surface area contributed by atoms with Crippen LogP contribution in [0.1, 0.15) is 48.0 Å². The molecule has 1 aliphatic carbocycles. The second kappa shape index (κ2) is 4.89. The Hall–Kier alpha value is -1.49. The zero-order valence-electron chi connectivity index (χ0n) is 12.9. The molecule has 0 spiro atoms. The van der Waals surface area contributed by atoms with E-state index in [4.69, 9.17) is 5.26 Å². The van der Waals surface area contributed by atoms with Crippen molar-refractivity contribution in [1.82, 2.24) is 0 Å². The molecule has 0 fully saturated rings. The van der Waals surface area contributed by atoms with E-state index in [9.17, 15) is 5.11 Å². The maximum atomic E-state index is 10.6. The normalized spacial score (nSPS) is 19.8. The largest absolute Gasteiger partial charge is 0.512 e. The van der Waals surface area contributed by atoms with E-state index < -0.39 is 0 Å². The first kappa shape index (κ1) is 15.6. The van der Waals surface area contributed by atoms with Crippen LogP contribution < -0.4 is 0 Å². The number of aliphatic hydroxyl groups excluding tert-OH is 1. The van der Waals surface area contributed by atoms with Crippen molar-refractivity contribution < 1.29 is 5.11 Å². The van der Waals surface area contributed by atoms with Crippen LogP contribution in [-0.2, 0) is 0 Å². The Morgan fingerprint density at radius 1 is 1.16 bits per heavy atom. The lowest BCUT2D eigenvalue weighted by molar-refractivity contribution is -0.0312. The Morgan fingerprint density at radius 2 is 1.68 bits per heavy atom. The van der Waals surface area contributed by atoms with Crippen LogP contribution in [0.15, 0.2) is 35.6 Å². The van der Waals surface area contributed by atoms with E-state index in [1.54, 1.807) is 6.08 Å². The standard InChI is InChI=1S/C17H25NO/c1-15(2,3)17(16(4,5)6)12-13(8-7-11-18)9-10-14(17)19/h7-10,19H,12H2,1-6H3. The monoisotopic (exact) mass is 259 g/mol. The molecule has 0 aromatic rings. The molecule has 2 nitrogen and oxygen atoms in total. The van der Waals surface area contributed by atoms with Crippen molar-refractivity contribution in [1.29, 1.82) is 5.26 Å². The van der Waals surface area contributed by atoms with Gasteiger partial charge in [-0.3, -0.25) is 0 Å². The number of rotatable bonds is 1. The van der Waals surface area contributed by atoms with Gasteiger partial charge in [-0.05, 0) is 35.0 Å². The fraction of sp³-hybridized carbons (Fsp3) is 0.588. The van der Waals surface area contributed by atoms with Crippen molar-refractivity contribution in [3.05, 3.63) is 35.6 Å². The highest BCUT2D eigenvalue weighted by Crippen LogP contribution is 2.60. The molecule has 0 aromatic heterocycles. The van der Waals surface area contributed by atoms with Gasteiger partial charge in [-0.1, -0.05) is 47.6 Å². The van der Waals surface area contributed by atoms with Gasteiger partial charge in [0.15, 0.2) is 0 Å². The molecular weight excluding hydrogens is 234 g/mol. The molecule has 104 valence electrons. The second-order valence-corrected chi connectivity index (χ2v) is 7.34. The van der Waals surface area contributed by atoms with E-state index in [2.05, 4.69) is 41.5 Å². The summed E-state index contributed by atoms with van der Waals surface area (Å²) in [7, 11) is 0. The lowest BCUT2D eigenvalue weighted by Crippen LogP contribution is -2.48. The van der Waals surface area contributed by atoms with E-state index >= 15 is 0 Å². The molecule has 0 unspecified atom stereocenters. The first-order valence-electron chi connectivity index (χ1n) is 6.73. The van der Waals surface area contributed by atoms with E-state index in [0.29, 0.717) is 5.76 Å². The van der Waals surface area contributed by atoms with Gasteiger partial charge in [0.1, 0.15) is 0 Å². The summed E-state index contributed by atoms with van der Waals surface area (Å²) < 4.78 is 0. The zero-order chi connectivity index (χ0) is 14.9. The van der Waals surface area contributed by atoms with Crippen LogP contribution in [0.5, 0.6) is 0 Å². The number of aliphatic hydroxyl groups is 1. The average molecular weight is 259 g/mol. The molecule has 0 amide bonds. The topological polar surface area (TPSA) is 44.0 Å². The van der Waals surface area contributed by atoms with Crippen LogP contribution >= 0.6 is 0 Å². The molecular formula is C17H25NO. The lowest BCUT2D eigenvalue weighted by Gasteiger charge is -2.54. The molecule has 1 aliphatic rings. The number of hydrogen-bond acceptors (Lipinski definition) is 2. The van der Waals surface area contributed by atoms with Crippen LogP contribution in [0.4, 0.5) is 0 Å². The predicted octanol–water partition coefficient (Wildman–Crippen LogP) is 4.92. The highest BCUT2D eigenvalue weighted by molar-refractivity contribution is 5.37. The van der Waals surface area contributed by atoms with Gasteiger partial charge in [-0.25, -0.2) is 0 Å². The van der Waals surface area contributed by atoms with Crippen molar-refractivity contribution in [2.45, 2.75) is 48.0 Å². The predicted molar refractivity (Wildman–Crippen MR) is 79.5 cm³/mol. The summed E-state index contributed by atoms with van der Waals surface area (Å²) in [6, 6.07) is 2.03. The summed E-state index contributed by atoms with van der Waals surface area (Å²) in [5.74, 6) is 0.446. The molecule has 0 radical (unpaired) electrons. The third-order valence-corrected chi connectivity index (χ3v) is 4.29. The SMILES string of the molecule is CC(C)(C)C1(C(C)(C)C)CC(C=CC#N)=CC=C1O. The van der Waals surface area contributed by atoms with Gasteiger partial charge in [-0.2, -0.15) is 5.26 Å². The van der Waals surface area contributed by atoms with Crippen molar-refractivity contribution >= 4 is 0 Å². The van der Waals surface area contributed by atoms with Gasteiger partial charge in [-0.15, -0.1) is 0 Å². The Morgan fingerprint density at radius 3 is 2.11 bits per heavy atom. The van der Waals surface area contributed by atoms with Crippen LogP contribution in [0, 0.1) is 27.6 Å². The average Bonchev–Trinajstić information content (AvgIpc) is 2.24. The van der Waals surface area contributed by atoms with E-state index in [1.807, 2.05) is 18.2 Å². The van der Waals surface area contributed by atoms with E-state index in [1.165, 1.54) is 6.08 Å². The van der Waals surface area contributed by atoms with Crippen LogP contribution in [-0.4, -0.2) is 5.11 Å². The Bertz CT molecular complexity index is 459. The molecule has 0 aliphatic heterocycles. The van der Waals surface area contributed by atoms with Gasteiger partial charge in [0.2, 0.25) is 0 Å². The highest BCUT2D eigenvalue weighted by atomic mass is 16.3. The summed E-state index contributed by atoms with van der Waals surface area (Å²) in [5.41, 5.74) is 0.603. The number of allylic oxidation sites excluding steroid dienone is 6. The molecule has 19 heavy (non-hydrogen) atoms. The molecule has 2 heteroatoms. The summed E-state index contributed by atoms with van der Waals surface area (Å²) in [6.07, 6.45) is 7.78. The Labute approximate surface area is 117 Å². The van der Waals surface area contributed by atoms with Crippen molar-refractivity contribution in [2.24, 2.45) is 16.2 Å². The third kappa shape index (κ3) is 2.61. The maximum absolute atomic E-state index is 10.6. The Kier molecular flexibility index (Phi) is 4.00. The summed E-state index contributed by atoms with van der Waals surface area (Å²) in [5, 5.41) is 19.2. The van der Waals surface area contributed by atoms with Crippen LogP contribution in [0.2, 0.25) is 0 Å².